The molecular weight excluding hydrogens is 223 g/mol. The normalized spacial score (nSPS) is 10.7. The van der Waals surface area contributed by atoms with E-state index in [1.54, 1.807) is 12.3 Å². The number of rotatable bonds is 3. The number of halogens is 1. The first-order valence-corrected chi connectivity index (χ1v) is 5.88. The van der Waals surface area contributed by atoms with Gasteiger partial charge in [0.25, 0.3) is 0 Å². The Bertz CT molecular complexity index is 494. The zero-order valence-corrected chi connectivity index (χ0v) is 10.1. The molecule has 0 saturated heterocycles. The summed E-state index contributed by atoms with van der Waals surface area (Å²) in [5.41, 5.74) is 1.63. The molecule has 0 atom stereocenters. The standard InChI is InChI=1S/C12H13FN2S/c1-8-3-4-11(13)10(5-8)12-15-7-9(16-12)6-14-2/h3-5,7,14H,6H2,1-2H3. The van der Waals surface area contributed by atoms with Crippen LogP contribution < -0.4 is 5.32 Å². The molecule has 2 nitrogen and oxygen atoms in total. The minimum atomic E-state index is -0.212. The fraction of sp³-hybridized carbons (Fsp3) is 0.250. The van der Waals surface area contributed by atoms with E-state index in [9.17, 15) is 4.39 Å². The highest BCUT2D eigenvalue weighted by molar-refractivity contribution is 7.15. The van der Waals surface area contributed by atoms with E-state index in [1.807, 2.05) is 20.0 Å². The SMILES string of the molecule is CNCc1cnc(-c2cc(C)ccc2F)s1. The average molecular weight is 236 g/mol. The summed E-state index contributed by atoms with van der Waals surface area (Å²) in [5, 5.41) is 3.79. The number of nitrogens with zero attached hydrogens (tertiary/aromatic N) is 1. The Hall–Kier alpha value is -1.26. The van der Waals surface area contributed by atoms with Crippen LogP contribution in [-0.2, 0) is 6.54 Å². The molecule has 1 aromatic heterocycles. The van der Waals surface area contributed by atoms with Crippen molar-refractivity contribution in [2.24, 2.45) is 0 Å². The third-order valence-corrected chi connectivity index (χ3v) is 3.29. The van der Waals surface area contributed by atoms with E-state index in [1.165, 1.54) is 17.4 Å². The first-order chi connectivity index (χ1) is 7.70. The van der Waals surface area contributed by atoms with E-state index in [4.69, 9.17) is 0 Å². The molecule has 4 heteroatoms. The Morgan fingerprint density at radius 3 is 3.00 bits per heavy atom. The van der Waals surface area contributed by atoms with Crippen LogP contribution in [0.4, 0.5) is 4.39 Å². The Labute approximate surface area is 98.2 Å². The van der Waals surface area contributed by atoms with Gasteiger partial charge in [-0.3, -0.25) is 0 Å². The molecule has 1 aromatic carbocycles. The molecule has 84 valence electrons. The lowest BCUT2D eigenvalue weighted by Crippen LogP contribution is -2.02. The quantitative estimate of drug-likeness (QED) is 0.886. The smallest absolute Gasteiger partial charge is 0.133 e. The Balaban J connectivity index is 2.38. The lowest BCUT2D eigenvalue weighted by molar-refractivity contribution is 0.631. The summed E-state index contributed by atoms with van der Waals surface area (Å²) in [7, 11) is 1.88. The fourth-order valence-corrected chi connectivity index (χ4v) is 2.43. The summed E-state index contributed by atoms with van der Waals surface area (Å²) >= 11 is 1.52. The number of nitrogens with one attached hydrogen (secondary N) is 1. The molecule has 0 radical (unpaired) electrons. The van der Waals surface area contributed by atoms with Gasteiger partial charge in [0, 0.05) is 23.2 Å². The molecule has 1 heterocycles. The monoisotopic (exact) mass is 236 g/mol. The fourth-order valence-electron chi connectivity index (χ4n) is 1.49. The zero-order chi connectivity index (χ0) is 11.5. The molecule has 0 bridgehead atoms. The van der Waals surface area contributed by atoms with Crippen molar-refractivity contribution in [3.05, 3.63) is 40.7 Å². The second-order valence-electron chi connectivity index (χ2n) is 3.65. The van der Waals surface area contributed by atoms with Crippen molar-refractivity contribution in [3.8, 4) is 10.6 Å². The van der Waals surface area contributed by atoms with Crippen molar-refractivity contribution >= 4 is 11.3 Å². The van der Waals surface area contributed by atoms with Crippen LogP contribution in [0.5, 0.6) is 0 Å². The molecule has 16 heavy (non-hydrogen) atoms. The second-order valence-corrected chi connectivity index (χ2v) is 4.76. The molecule has 0 amide bonds. The highest BCUT2D eigenvalue weighted by Gasteiger charge is 2.09. The van der Waals surface area contributed by atoms with Crippen molar-refractivity contribution in [1.82, 2.24) is 10.3 Å². The minimum Gasteiger partial charge on any atom is -0.315 e. The summed E-state index contributed by atoms with van der Waals surface area (Å²) in [4.78, 5) is 5.36. The molecule has 2 rings (SSSR count). The highest BCUT2D eigenvalue weighted by atomic mass is 32.1. The Morgan fingerprint density at radius 2 is 2.25 bits per heavy atom. The number of hydrogen-bond donors (Lipinski definition) is 1. The van der Waals surface area contributed by atoms with E-state index in [0.29, 0.717) is 5.56 Å². The predicted molar refractivity (Wildman–Crippen MR) is 65.0 cm³/mol. The zero-order valence-electron chi connectivity index (χ0n) is 9.25. The summed E-state index contributed by atoms with van der Waals surface area (Å²) in [6.07, 6.45) is 1.79. The lowest BCUT2D eigenvalue weighted by Gasteiger charge is -2.00. The van der Waals surface area contributed by atoms with Gasteiger partial charge in [-0.2, -0.15) is 0 Å². The Kier molecular flexibility index (Phi) is 3.31. The lowest BCUT2D eigenvalue weighted by atomic mass is 10.1. The van der Waals surface area contributed by atoms with Crippen LogP contribution >= 0.6 is 11.3 Å². The molecule has 2 aromatic rings. The van der Waals surface area contributed by atoms with Crippen molar-refractivity contribution in [3.63, 3.8) is 0 Å². The molecule has 0 aliphatic heterocycles. The molecule has 0 aliphatic rings. The molecule has 0 unspecified atom stereocenters. The van der Waals surface area contributed by atoms with Crippen LogP contribution in [0.15, 0.2) is 24.4 Å². The van der Waals surface area contributed by atoms with E-state index < -0.39 is 0 Å². The highest BCUT2D eigenvalue weighted by Crippen LogP contribution is 2.28. The maximum absolute atomic E-state index is 13.6. The topological polar surface area (TPSA) is 24.9 Å². The van der Waals surface area contributed by atoms with Gasteiger partial charge in [0.15, 0.2) is 0 Å². The van der Waals surface area contributed by atoms with Gasteiger partial charge in [0.2, 0.25) is 0 Å². The van der Waals surface area contributed by atoms with Crippen LogP contribution in [-0.4, -0.2) is 12.0 Å². The van der Waals surface area contributed by atoms with Gasteiger partial charge in [-0.05, 0) is 26.1 Å². The summed E-state index contributed by atoms with van der Waals surface area (Å²) in [5.74, 6) is -0.212. The predicted octanol–water partition coefficient (Wildman–Crippen LogP) is 2.98. The first kappa shape index (κ1) is 11.2. The van der Waals surface area contributed by atoms with Gasteiger partial charge >= 0.3 is 0 Å². The Morgan fingerprint density at radius 1 is 1.44 bits per heavy atom. The summed E-state index contributed by atoms with van der Waals surface area (Å²) < 4.78 is 13.6. The van der Waals surface area contributed by atoms with Crippen LogP contribution in [0, 0.1) is 12.7 Å². The van der Waals surface area contributed by atoms with E-state index in [-0.39, 0.29) is 5.82 Å². The van der Waals surface area contributed by atoms with Gasteiger partial charge in [-0.1, -0.05) is 11.6 Å². The number of aryl methyl sites for hydroxylation is 1. The summed E-state index contributed by atoms with van der Waals surface area (Å²) in [6.45, 7) is 2.72. The molecule has 0 aliphatic carbocycles. The average Bonchev–Trinajstić information content (AvgIpc) is 2.71. The summed E-state index contributed by atoms with van der Waals surface area (Å²) in [6, 6.07) is 5.09. The molecule has 0 saturated carbocycles. The first-order valence-electron chi connectivity index (χ1n) is 5.06. The van der Waals surface area contributed by atoms with E-state index in [0.717, 1.165) is 22.0 Å². The van der Waals surface area contributed by atoms with Gasteiger partial charge in [0.05, 0.1) is 0 Å². The number of thiazole rings is 1. The maximum Gasteiger partial charge on any atom is 0.133 e. The minimum absolute atomic E-state index is 0.212. The van der Waals surface area contributed by atoms with Crippen molar-refractivity contribution in [1.29, 1.82) is 0 Å². The van der Waals surface area contributed by atoms with E-state index in [2.05, 4.69) is 10.3 Å². The van der Waals surface area contributed by atoms with Gasteiger partial charge in [-0.15, -0.1) is 11.3 Å². The van der Waals surface area contributed by atoms with Crippen molar-refractivity contribution in [2.45, 2.75) is 13.5 Å². The molecule has 1 N–H and O–H groups in total. The van der Waals surface area contributed by atoms with Crippen LogP contribution in [0.2, 0.25) is 0 Å². The molecule has 0 fully saturated rings. The van der Waals surface area contributed by atoms with Gasteiger partial charge in [-0.25, -0.2) is 9.37 Å². The largest absolute Gasteiger partial charge is 0.315 e. The number of benzene rings is 1. The number of aromatic nitrogens is 1. The molecule has 0 spiro atoms. The van der Waals surface area contributed by atoms with Crippen LogP contribution in [0.25, 0.3) is 10.6 Å². The third-order valence-electron chi connectivity index (χ3n) is 2.26. The van der Waals surface area contributed by atoms with Gasteiger partial charge in [0.1, 0.15) is 10.8 Å². The third kappa shape index (κ3) is 2.28. The maximum atomic E-state index is 13.6. The van der Waals surface area contributed by atoms with E-state index >= 15 is 0 Å². The van der Waals surface area contributed by atoms with Crippen LogP contribution in [0.3, 0.4) is 0 Å². The van der Waals surface area contributed by atoms with Crippen molar-refractivity contribution in [2.75, 3.05) is 7.05 Å². The second kappa shape index (κ2) is 4.72. The number of hydrogen-bond acceptors (Lipinski definition) is 3. The van der Waals surface area contributed by atoms with Crippen LogP contribution in [0.1, 0.15) is 10.4 Å². The van der Waals surface area contributed by atoms with Crippen molar-refractivity contribution < 1.29 is 4.39 Å². The van der Waals surface area contributed by atoms with Gasteiger partial charge < -0.3 is 5.32 Å². The molecular formula is C12H13FN2S.